The summed E-state index contributed by atoms with van der Waals surface area (Å²) in [5.74, 6) is -10.8. The molecule has 11 nitrogen and oxygen atoms in total. The Bertz CT molecular complexity index is 1430. The molecule has 0 spiro atoms. The zero-order chi connectivity index (χ0) is 27.5. The third-order valence-electron chi connectivity index (χ3n) is 7.75. The van der Waals surface area contributed by atoms with Crippen molar-refractivity contribution < 1.29 is 43.7 Å². The molecular weight excluding hydrogens is 496 g/mol. The van der Waals surface area contributed by atoms with E-state index in [4.69, 9.17) is 10.5 Å². The van der Waals surface area contributed by atoms with Crippen molar-refractivity contribution in [1.29, 1.82) is 0 Å². The average Bonchev–Trinajstić information content (AvgIpc) is 2.84. The molecule has 3 aliphatic carbocycles. The number of hydrogen-bond donors (Lipinski definition) is 4. The summed E-state index contributed by atoms with van der Waals surface area (Å²) in [7, 11) is 0. The molecule has 2 aromatic carbocycles. The number of Topliss-reactive ketones (excluding diaryl/α,β-unsaturated/α-hetero) is 4. The topological polar surface area (TPSA) is 190 Å². The highest BCUT2D eigenvalue weighted by Crippen LogP contribution is 2.50. The molecule has 0 aromatic heterocycles. The van der Waals surface area contributed by atoms with Gasteiger partial charge in [0.25, 0.3) is 0 Å². The van der Waals surface area contributed by atoms with Crippen LogP contribution < -0.4 is 15.8 Å². The number of benzene rings is 2. The van der Waals surface area contributed by atoms with Crippen molar-refractivity contribution >= 4 is 40.8 Å². The molecular formula is C27H24N2O9. The van der Waals surface area contributed by atoms with Crippen molar-refractivity contribution in [2.24, 2.45) is 29.4 Å². The Hall–Kier alpha value is -4.38. The molecule has 5 N–H and O–H groups in total. The lowest BCUT2D eigenvalue weighted by Crippen LogP contribution is -2.68. The fourth-order valence-corrected chi connectivity index (χ4v) is 5.93. The Morgan fingerprint density at radius 2 is 1.71 bits per heavy atom. The quantitative estimate of drug-likeness (QED) is 0.341. The average molecular weight is 520 g/mol. The number of phenolic OH excluding ortho intramolecular Hbond substituents is 1. The molecule has 2 aromatic rings. The van der Waals surface area contributed by atoms with Crippen LogP contribution in [0.15, 0.2) is 36.4 Å². The number of nitrogens with two attached hydrogens (primary N) is 1. The third-order valence-corrected chi connectivity index (χ3v) is 7.75. The molecule has 38 heavy (non-hydrogen) atoms. The summed E-state index contributed by atoms with van der Waals surface area (Å²) >= 11 is 0. The molecule has 196 valence electrons. The van der Waals surface area contributed by atoms with E-state index in [1.54, 1.807) is 24.3 Å². The van der Waals surface area contributed by atoms with E-state index in [9.17, 15) is 39.0 Å². The highest BCUT2D eigenvalue weighted by Gasteiger charge is 2.66. The van der Waals surface area contributed by atoms with Crippen molar-refractivity contribution in [3.63, 3.8) is 0 Å². The van der Waals surface area contributed by atoms with Crippen LogP contribution in [-0.2, 0) is 25.6 Å². The maximum absolute atomic E-state index is 13.5. The van der Waals surface area contributed by atoms with E-state index in [0.717, 1.165) is 5.56 Å². The maximum atomic E-state index is 13.5. The SMILES string of the molecule is Cc1ccc(OC(=O)Nc2ccc(O)c3c2C[C@H]2C[C@H]4CC(=O)C(C(N)=O)C(=O)[C@@]4(O)C(=O)C2C3=O)cc1. The highest BCUT2D eigenvalue weighted by atomic mass is 16.6. The maximum Gasteiger partial charge on any atom is 0.417 e. The molecule has 2 fully saturated rings. The minimum atomic E-state index is -2.72. The number of rotatable bonds is 3. The number of hydrogen-bond acceptors (Lipinski definition) is 9. The first kappa shape index (κ1) is 25.3. The number of aromatic hydroxyl groups is 1. The van der Waals surface area contributed by atoms with E-state index in [2.05, 4.69) is 5.32 Å². The van der Waals surface area contributed by atoms with Gasteiger partial charge in [-0.25, -0.2) is 4.79 Å². The van der Waals surface area contributed by atoms with E-state index in [0.29, 0.717) is 0 Å². The number of carbonyl (C=O) groups excluding carboxylic acids is 6. The summed E-state index contributed by atoms with van der Waals surface area (Å²) in [6.45, 7) is 1.88. The second-order valence-corrected chi connectivity index (χ2v) is 10.1. The molecule has 0 saturated heterocycles. The molecule has 2 saturated carbocycles. The van der Waals surface area contributed by atoms with Gasteiger partial charge in [0.15, 0.2) is 34.7 Å². The van der Waals surface area contributed by atoms with Crippen molar-refractivity contribution in [3.8, 4) is 11.5 Å². The zero-order valence-electron chi connectivity index (χ0n) is 20.2. The van der Waals surface area contributed by atoms with Gasteiger partial charge < -0.3 is 20.7 Å². The molecule has 2 unspecified atom stereocenters. The minimum Gasteiger partial charge on any atom is -0.507 e. The zero-order valence-corrected chi connectivity index (χ0v) is 20.2. The highest BCUT2D eigenvalue weighted by molar-refractivity contribution is 6.31. The van der Waals surface area contributed by atoms with E-state index in [-0.39, 0.29) is 35.4 Å². The number of ether oxygens (including phenoxy) is 1. The Kier molecular flexibility index (Phi) is 5.90. The predicted molar refractivity (Wildman–Crippen MR) is 129 cm³/mol. The monoisotopic (exact) mass is 520 g/mol. The normalized spacial score (nSPS) is 28.2. The number of primary amides is 1. The lowest BCUT2D eigenvalue weighted by atomic mass is 9.54. The molecule has 0 radical (unpaired) electrons. The fourth-order valence-electron chi connectivity index (χ4n) is 5.93. The number of anilines is 1. The van der Waals surface area contributed by atoms with Gasteiger partial charge in [-0.15, -0.1) is 0 Å². The van der Waals surface area contributed by atoms with Crippen molar-refractivity contribution in [2.45, 2.75) is 31.8 Å². The summed E-state index contributed by atoms with van der Waals surface area (Å²) in [4.78, 5) is 76.7. The Morgan fingerprint density at radius 1 is 1.03 bits per heavy atom. The minimum absolute atomic E-state index is 0.0280. The summed E-state index contributed by atoms with van der Waals surface area (Å²) in [6.07, 6.45) is -1.30. The van der Waals surface area contributed by atoms with Gasteiger partial charge in [-0.2, -0.15) is 0 Å². The van der Waals surface area contributed by atoms with Gasteiger partial charge in [-0.3, -0.25) is 29.3 Å². The standard InChI is InChI=1S/C27H24N2O9/c1-11-2-4-14(5-3-11)38-26(36)29-16-6-7-17(30)20-15(16)9-12-8-13-10-18(31)21(25(28)35)24(34)27(13,37)23(33)19(12)22(20)32/h2-7,12-13,19,21,30,37H,8-10H2,1H3,(H2,28,35)(H,29,36)/t12-,13+,19?,21?,27+/m1/s1. The third kappa shape index (κ3) is 3.77. The molecule has 11 heteroatoms. The van der Waals surface area contributed by atoms with Gasteiger partial charge in [-0.1, -0.05) is 17.7 Å². The molecule has 3 aliphatic rings. The van der Waals surface area contributed by atoms with Crippen LogP contribution in [0.2, 0.25) is 0 Å². The van der Waals surface area contributed by atoms with Crippen LogP contribution in [0, 0.1) is 30.6 Å². The van der Waals surface area contributed by atoms with Crippen LogP contribution >= 0.6 is 0 Å². The lowest BCUT2D eigenvalue weighted by Gasteiger charge is -2.48. The van der Waals surface area contributed by atoms with Crippen LogP contribution in [0.3, 0.4) is 0 Å². The van der Waals surface area contributed by atoms with Crippen molar-refractivity contribution in [1.82, 2.24) is 0 Å². The Balaban J connectivity index is 1.47. The summed E-state index contributed by atoms with van der Waals surface area (Å²) in [5, 5.41) is 24.3. The van der Waals surface area contributed by atoms with E-state index < -0.39 is 76.6 Å². The summed E-state index contributed by atoms with van der Waals surface area (Å²) < 4.78 is 5.28. The van der Waals surface area contributed by atoms with Crippen LogP contribution in [0.4, 0.5) is 10.5 Å². The van der Waals surface area contributed by atoms with E-state index in [1.807, 2.05) is 6.92 Å². The number of phenols is 1. The van der Waals surface area contributed by atoms with Crippen LogP contribution in [0.1, 0.15) is 34.3 Å². The molecule has 0 heterocycles. The Labute approximate surface area is 216 Å². The summed E-state index contributed by atoms with van der Waals surface area (Å²) in [6, 6.07) is 9.31. The Morgan fingerprint density at radius 3 is 2.37 bits per heavy atom. The summed E-state index contributed by atoms with van der Waals surface area (Å²) in [5.41, 5.74) is 3.66. The largest absolute Gasteiger partial charge is 0.507 e. The number of carbonyl (C=O) groups is 6. The molecule has 0 bridgehead atoms. The number of aliphatic hydroxyl groups is 1. The fraction of sp³-hybridized carbons (Fsp3) is 0.333. The smallest absolute Gasteiger partial charge is 0.417 e. The number of amides is 2. The van der Waals surface area contributed by atoms with E-state index >= 15 is 0 Å². The van der Waals surface area contributed by atoms with Crippen molar-refractivity contribution in [2.75, 3.05) is 5.32 Å². The lowest BCUT2D eigenvalue weighted by molar-refractivity contribution is -0.175. The number of aryl methyl sites for hydroxylation is 1. The first-order valence-electron chi connectivity index (χ1n) is 12.0. The molecule has 0 aliphatic heterocycles. The number of nitrogens with one attached hydrogen (secondary N) is 1. The number of fused-ring (bicyclic) bond motifs is 3. The molecule has 2 amide bonds. The van der Waals surface area contributed by atoms with Gasteiger partial charge in [0.05, 0.1) is 11.5 Å². The first-order valence-corrected chi connectivity index (χ1v) is 12.0. The van der Waals surface area contributed by atoms with Crippen LogP contribution in [0.5, 0.6) is 11.5 Å². The number of ketones is 4. The predicted octanol–water partition coefficient (Wildman–Crippen LogP) is 1.25. The van der Waals surface area contributed by atoms with Gasteiger partial charge >= 0.3 is 6.09 Å². The first-order chi connectivity index (χ1) is 17.9. The second kappa shape index (κ2) is 8.88. The second-order valence-electron chi connectivity index (χ2n) is 10.1. The van der Waals surface area contributed by atoms with E-state index in [1.165, 1.54) is 12.1 Å². The molecule has 5 atom stereocenters. The van der Waals surface area contributed by atoms with Gasteiger partial charge in [-0.05, 0) is 55.5 Å². The van der Waals surface area contributed by atoms with Gasteiger partial charge in [0.2, 0.25) is 5.91 Å². The molecule has 5 rings (SSSR count). The van der Waals surface area contributed by atoms with Crippen molar-refractivity contribution in [3.05, 3.63) is 53.1 Å². The van der Waals surface area contributed by atoms with Crippen LogP contribution in [-0.4, -0.2) is 50.9 Å². The van der Waals surface area contributed by atoms with Crippen LogP contribution in [0.25, 0.3) is 0 Å². The van der Waals surface area contributed by atoms with Gasteiger partial charge in [0, 0.05) is 18.0 Å². The van der Waals surface area contributed by atoms with Gasteiger partial charge in [0.1, 0.15) is 11.5 Å².